The number of nitrogens with zero attached hydrogens (tertiary/aromatic N) is 1. The van der Waals surface area contributed by atoms with E-state index >= 15 is 0 Å². The lowest BCUT2D eigenvalue weighted by Gasteiger charge is -2.26. The van der Waals surface area contributed by atoms with Gasteiger partial charge in [-0.05, 0) is 67.0 Å². The van der Waals surface area contributed by atoms with Crippen LogP contribution in [0.4, 0.5) is 5.69 Å². The van der Waals surface area contributed by atoms with Crippen LogP contribution >= 0.6 is 0 Å². The number of anilines is 1. The van der Waals surface area contributed by atoms with Crippen LogP contribution in [-0.4, -0.2) is 16.9 Å². The molecule has 3 N–H and O–H groups in total. The first-order valence-corrected chi connectivity index (χ1v) is 9.14. The summed E-state index contributed by atoms with van der Waals surface area (Å²) >= 11 is 0. The number of carbonyl (C=O) groups excluding carboxylic acids is 1. The molecule has 4 nitrogen and oxygen atoms in total. The number of nitrogens with one attached hydrogen (secondary N) is 1. The maximum Gasteiger partial charge on any atom is 0.241 e. The zero-order valence-electron chi connectivity index (χ0n) is 15.1. The second kappa shape index (κ2) is 7.79. The molecule has 2 aromatic rings. The highest BCUT2D eigenvalue weighted by atomic mass is 16.2. The number of aryl methyl sites for hydroxylation is 2. The van der Waals surface area contributed by atoms with Crippen LogP contribution in [0.25, 0.3) is 11.1 Å². The van der Waals surface area contributed by atoms with Crippen molar-refractivity contribution in [2.45, 2.75) is 52.0 Å². The molecule has 0 unspecified atom stereocenters. The van der Waals surface area contributed by atoms with Crippen LogP contribution in [0.2, 0.25) is 0 Å². The first kappa shape index (κ1) is 17.6. The fraction of sp³-hybridized carbons (Fsp3) is 0.429. The van der Waals surface area contributed by atoms with Crippen LogP contribution in [0.3, 0.4) is 0 Å². The Hall–Kier alpha value is -2.20. The Bertz CT molecular complexity index is 713. The van der Waals surface area contributed by atoms with Crippen molar-refractivity contribution in [3.63, 3.8) is 0 Å². The molecule has 0 aliphatic heterocycles. The van der Waals surface area contributed by atoms with E-state index in [-0.39, 0.29) is 5.91 Å². The molecule has 4 heteroatoms. The van der Waals surface area contributed by atoms with E-state index in [1.54, 1.807) is 0 Å². The Morgan fingerprint density at radius 2 is 1.68 bits per heavy atom. The maximum absolute atomic E-state index is 12.4. The summed E-state index contributed by atoms with van der Waals surface area (Å²) < 4.78 is 0. The number of nitrogens with two attached hydrogens (primary N) is 1. The minimum Gasteiger partial charge on any atom is -0.325 e. The standard InChI is InChI=1S/C21H27N3O/c1-14-12-23-13-15(2)19(14)16-8-10-18(11-9-16)24-21(25)20(22)17-6-4-3-5-7-17/h8-13,17,20H,3-7,22H2,1-2H3,(H,24,25)/t20-/m0/s1. The minimum atomic E-state index is -0.412. The minimum absolute atomic E-state index is 0.0732. The van der Waals surface area contributed by atoms with Gasteiger partial charge in [-0.3, -0.25) is 9.78 Å². The summed E-state index contributed by atoms with van der Waals surface area (Å²) in [6.45, 7) is 4.13. The van der Waals surface area contributed by atoms with Gasteiger partial charge in [-0.15, -0.1) is 0 Å². The SMILES string of the molecule is Cc1cncc(C)c1-c1ccc(NC(=O)[C@@H](N)C2CCCCC2)cc1. The number of amides is 1. The molecule has 25 heavy (non-hydrogen) atoms. The van der Waals surface area contributed by atoms with E-state index in [2.05, 4.69) is 24.1 Å². The molecule has 1 heterocycles. The smallest absolute Gasteiger partial charge is 0.241 e. The molecule has 1 aliphatic rings. The quantitative estimate of drug-likeness (QED) is 0.878. The first-order chi connectivity index (χ1) is 12.1. The molecule has 1 aromatic carbocycles. The van der Waals surface area contributed by atoms with Gasteiger partial charge >= 0.3 is 0 Å². The number of hydrogen-bond acceptors (Lipinski definition) is 3. The molecule has 1 amide bonds. The zero-order valence-corrected chi connectivity index (χ0v) is 15.1. The molecule has 1 fully saturated rings. The van der Waals surface area contributed by atoms with Gasteiger partial charge in [0.05, 0.1) is 6.04 Å². The third kappa shape index (κ3) is 4.07. The van der Waals surface area contributed by atoms with Crippen molar-refractivity contribution in [2.24, 2.45) is 11.7 Å². The molecule has 1 aliphatic carbocycles. The van der Waals surface area contributed by atoms with Gasteiger partial charge < -0.3 is 11.1 Å². The summed E-state index contributed by atoms with van der Waals surface area (Å²) in [5, 5.41) is 2.97. The molecule has 0 radical (unpaired) electrons. The number of hydrogen-bond donors (Lipinski definition) is 2. The second-order valence-electron chi connectivity index (χ2n) is 7.14. The molecule has 0 saturated heterocycles. The molecule has 3 rings (SSSR count). The van der Waals surface area contributed by atoms with Crippen LogP contribution < -0.4 is 11.1 Å². The number of aromatic nitrogens is 1. The van der Waals surface area contributed by atoms with Gasteiger partial charge in [-0.2, -0.15) is 0 Å². The van der Waals surface area contributed by atoms with Crippen molar-refractivity contribution in [3.8, 4) is 11.1 Å². The van der Waals surface area contributed by atoms with E-state index in [0.717, 1.165) is 35.2 Å². The Morgan fingerprint density at radius 1 is 1.08 bits per heavy atom. The van der Waals surface area contributed by atoms with Crippen molar-refractivity contribution >= 4 is 11.6 Å². The lowest BCUT2D eigenvalue weighted by Crippen LogP contribution is -2.42. The predicted molar refractivity (Wildman–Crippen MR) is 102 cm³/mol. The van der Waals surface area contributed by atoms with E-state index in [1.807, 2.05) is 36.7 Å². The Morgan fingerprint density at radius 3 is 2.28 bits per heavy atom. The van der Waals surface area contributed by atoms with Gasteiger partial charge in [0.1, 0.15) is 0 Å². The van der Waals surface area contributed by atoms with Gasteiger partial charge in [0.15, 0.2) is 0 Å². The monoisotopic (exact) mass is 337 g/mol. The Kier molecular flexibility index (Phi) is 5.49. The number of rotatable bonds is 4. The predicted octanol–water partition coefficient (Wildman–Crippen LogP) is 4.21. The second-order valence-corrected chi connectivity index (χ2v) is 7.14. The first-order valence-electron chi connectivity index (χ1n) is 9.14. The fourth-order valence-electron chi connectivity index (χ4n) is 3.81. The van der Waals surface area contributed by atoms with Gasteiger partial charge in [-0.1, -0.05) is 31.4 Å². The summed E-state index contributed by atoms with van der Waals surface area (Å²) in [5.74, 6) is 0.242. The summed E-state index contributed by atoms with van der Waals surface area (Å²) in [6, 6.07) is 7.55. The van der Waals surface area contributed by atoms with Gasteiger partial charge in [0.25, 0.3) is 0 Å². The van der Waals surface area contributed by atoms with Crippen LogP contribution in [0, 0.1) is 19.8 Å². The van der Waals surface area contributed by atoms with E-state index in [4.69, 9.17) is 5.73 Å². The van der Waals surface area contributed by atoms with Crippen molar-refractivity contribution in [2.75, 3.05) is 5.32 Å². The summed E-state index contributed by atoms with van der Waals surface area (Å²) in [4.78, 5) is 16.7. The van der Waals surface area contributed by atoms with Gasteiger partial charge in [-0.25, -0.2) is 0 Å². The van der Waals surface area contributed by atoms with Crippen LogP contribution in [0.15, 0.2) is 36.7 Å². The molecule has 0 bridgehead atoms. The number of pyridine rings is 1. The van der Waals surface area contributed by atoms with Crippen LogP contribution in [0.5, 0.6) is 0 Å². The number of benzene rings is 1. The average molecular weight is 337 g/mol. The Labute approximate surface area is 149 Å². The maximum atomic E-state index is 12.4. The summed E-state index contributed by atoms with van der Waals surface area (Å²) in [5.41, 5.74) is 11.6. The highest BCUT2D eigenvalue weighted by Crippen LogP contribution is 2.28. The zero-order chi connectivity index (χ0) is 17.8. The van der Waals surface area contributed by atoms with E-state index in [9.17, 15) is 4.79 Å². The molecular formula is C21H27N3O. The highest BCUT2D eigenvalue weighted by Gasteiger charge is 2.26. The fourth-order valence-corrected chi connectivity index (χ4v) is 3.81. The molecule has 1 atom stereocenters. The average Bonchev–Trinajstić information content (AvgIpc) is 2.63. The third-order valence-electron chi connectivity index (χ3n) is 5.23. The third-order valence-corrected chi connectivity index (χ3v) is 5.23. The molecule has 132 valence electrons. The lowest BCUT2D eigenvalue weighted by atomic mass is 9.84. The van der Waals surface area contributed by atoms with Crippen molar-refractivity contribution < 1.29 is 4.79 Å². The van der Waals surface area contributed by atoms with Crippen LogP contribution in [0.1, 0.15) is 43.2 Å². The highest BCUT2D eigenvalue weighted by molar-refractivity contribution is 5.95. The van der Waals surface area contributed by atoms with Gasteiger partial charge in [0, 0.05) is 18.1 Å². The lowest BCUT2D eigenvalue weighted by molar-refractivity contribution is -0.118. The molecular weight excluding hydrogens is 310 g/mol. The molecule has 1 saturated carbocycles. The van der Waals surface area contributed by atoms with Crippen molar-refractivity contribution in [3.05, 3.63) is 47.8 Å². The largest absolute Gasteiger partial charge is 0.325 e. The van der Waals surface area contributed by atoms with Crippen molar-refractivity contribution in [1.82, 2.24) is 4.98 Å². The van der Waals surface area contributed by atoms with E-state index < -0.39 is 6.04 Å². The van der Waals surface area contributed by atoms with Gasteiger partial charge in [0.2, 0.25) is 5.91 Å². The molecule has 0 spiro atoms. The summed E-state index contributed by atoms with van der Waals surface area (Å²) in [6.07, 6.45) is 9.51. The molecule has 1 aromatic heterocycles. The van der Waals surface area contributed by atoms with Crippen molar-refractivity contribution in [1.29, 1.82) is 0 Å². The number of carbonyl (C=O) groups is 1. The van der Waals surface area contributed by atoms with E-state index in [0.29, 0.717) is 5.92 Å². The van der Waals surface area contributed by atoms with Crippen LogP contribution in [-0.2, 0) is 4.79 Å². The summed E-state index contributed by atoms with van der Waals surface area (Å²) in [7, 11) is 0. The normalized spacial score (nSPS) is 16.4. The Balaban J connectivity index is 1.69. The topological polar surface area (TPSA) is 68.0 Å². The van der Waals surface area contributed by atoms with E-state index in [1.165, 1.54) is 24.8 Å².